The molecule has 1 heterocycles. The number of imidazole rings is 1. The van der Waals surface area contributed by atoms with E-state index < -0.39 is 5.97 Å². The summed E-state index contributed by atoms with van der Waals surface area (Å²) in [6, 6.07) is 7.57. The van der Waals surface area contributed by atoms with Gasteiger partial charge in [-0.1, -0.05) is 30.7 Å². The Hall–Kier alpha value is -1.33. The van der Waals surface area contributed by atoms with Gasteiger partial charge in [0.2, 0.25) is 0 Å². The lowest BCUT2D eigenvalue weighted by Gasteiger charge is -2.15. The summed E-state index contributed by atoms with van der Waals surface area (Å²) >= 11 is 9.28. The molecule has 6 heteroatoms. The van der Waals surface area contributed by atoms with Gasteiger partial charge in [0.1, 0.15) is 0 Å². The van der Waals surface area contributed by atoms with Crippen molar-refractivity contribution < 1.29 is 9.53 Å². The minimum absolute atomic E-state index is 0.00882. The highest BCUT2D eigenvalue weighted by Gasteiger charge is 2.25. The molecular formula is C15H16BrClN2O2. The van der Waals surface area contributed by atoms with E-state index in [1.54, 1.807) is 6.92 Å². The van der Waals surface area contributed by atoms with E-state index in [0.717, 1.165) is 11.3 Å². The largest absolute Gasteiger partial charge is 0.461 e. The molecule has 0 aliphatic rings. The van der Waals surface area contributed by atoms with Crippen molar-refractivity contribution in [2.24, 2.45) is 7.05 Å². The smallest absolute Gasteiger partial charge is 0.358 e. The third-order valence-corrected chi connectivity index (χ3v) is 4.30. The van der Waals surface area contributed by atoms with Crippen LogP contribution in [0.25, 0.3) is 0 Å². The minimum Gasteiger partial charge on any atom is -0.461 e. The van der Waals surface area contributed by atoms with Crippen LogP contribution in [0, 0.1) is 0 Å². The first-order valence-electron chi connectivity index (χ1n) is 6.60. The first kappa shape index (κ1) is 16.0. The predicted molar refractivity (Wildman–Crippen MR) is 85.8 cm³/mol. The normalized spacial score (nSPS) is 12.2. The quantitative estimate of drug-likeness (QED) is 0.758. The fraction of sp³-hybridized carbons (Fsp3) is 0.333. The molecule has 1 aromatic heterocycles. The van der Waals surface area contributed by atoms with Gasteiger partial charge in [0.25, 0.3) is 0 Å². The van der Waals surface area contributed by atoms with Crippen molar-refractivity contribution in [3.8, 4) is 0 Å². The molecule has 0 amide bonds. The van der Waals surface area contributed by atoms with Crippen LogP contribution >= 0.6 is 27.5 Å². The first-order chi connectivity index (χ1) is 9.95. The van der Waals surface area contributed by atoms with Crippen LogP contribution in [0.5, 0.6) is 0 Å². The fourth-order valence-electron chi connectivity index (χ4n) is 2.24. The molecule has 4 nitrogen and oxygen atoms in total. The number of esters is 1. The molecule has 2 rings (SSSR count). The number of carbonyl (C=O) groups is 1. The van der Waals surface area contributed by atoms with E-state index in [0.29, 0.717) is 22.1 Å². The molecule has 1 atom stereocenters. The molecule has 0 aliphatic carbocycles. The lowest BCUT2D eigenvalue weighted by atomic mass is 9.96. The third-order valence-electron chi connectivity index (χ3n) is 3.33. The number of nitrogens with zero attached hydrogens (tertiary/aromatic N) is 2. The molecule has 0 fully saturated rings. The van der Waals surface area contributed by atoms with Gasteiger partial charge in [0.15, 0.2) is 10.4 Å². The maximum absolute atomic E-state index is 12.1. The number of carbonyl (C=O) groups excluding carboxylic acids is 1. The van der Waals surface area contributed by atoms with Gasteiger partial charge in [0, 0.05) is 18.0 Å². The summed E-state index contributed by atoms with van der Waals surface area (Å²) < 4.78 is 7.54. The maximum Gasteiger partial charge on any atom is 0.358 e. The highest BCUT2D eigenvalue weighted by Crippen LogP contribution is 2.30. The number of rotatable bonds is 4. The molecule has 0 saturated heterocycles. The van der Waals surface area contributed by atoms with Crippen molar-refractivity contribution in [3.05, 3.63) is 51.0 Å². The summed E-state index contributed by atoms with van der Waals surface area (Å²) in [5.41, 5.74) is 2.21. The molecule has 0 aliphatic heterocycles. The minimum atomic E-state index is -0.408. The Morgan fingerprint density at radius 3 is 2.62 bits per heavy atom. The SMILES string of the molecule is CCOC(=O)c1nc(Br)n(C)c1C(C)c1ccc(Cl)cc1. The number of hydrogen-bond acceptors (Lipinski definition) is 3. The average Bonchev–Trinajstić information content (AvgIpc) is 2.75. The topological polar surface area (TPSA) is 44.1 Å². The van der Waals surface area contributed by atoms with Crippen LogP contribution < -0.4 is 0 Å². The van der Waals surface area contributed by atoms with Gasteiger partial charge in [0.05, 0.1) is 12.3 Å². The number of ether oxygens (including phenoxy) is 1. The number of hydrogen-bond donors (Lipinski definition) is 0. The van der Waals surface area contributed by atoms with Gasteiger partial charge in [-0.05, 0) is 40.5 Å². The van der Waals surface area contributed by atoms with E-state index in [4.69, 9.17) is 16.3 Å². The lowest BCUT2D eigenvalue weighted by molar-refractivity contribution is 0.0518. The van der Waals surface area contributed by atoms with E-state index in [1.807, 2.05) is 42.8 Å². The second-order valence-electron chi connectivity index (χ2n) is 4.67. The average molecular weight is 372 g/mol. The molecule has 112 valence electrons. The van der Waals surface area contributed by atoms with E-state index in [2.05, 4.69) is 20.9 Å². The number of halogens is 2. The summed E-state index contributed by atoms with van der Waals surface area (Å²) in [5, 5.41) is 0.683. The predicted octanol–water partition coefficient (Wildman–Crippen LogP) is 4.16. The van der Waals surface area contributed by atoms with Crippen molar-refractivity contribution in [2.45, 2.75) is 19.8 Å². The van der Waals surface area contributed by atoms with Crippen LogP contribution in [0.3, 0.4) is 0 Å². The van der Waals surface area contributed by atoms with E-state index in [9.17, 15) is 4.79 Å². The molecule has 0 N–H and O–H groups in total. The summed E-state index contributed by atoms with van der Waals surface area (Å²) in [6.45, 7) is 4.12. The van der Waals surface area contributed by atoms with Crippen LogP contribution in [0.2, 0.25) is 5.02 Å². The van der Waals surface area contributed by atoms with Crippen molar-refractivity contribution in [3.63, 3.8) is 0 Å². The summed E-state index contributed by atoms with van der Waals surface area (Å²) in [7, 11) is 1.86. The van der Waals surface area contributed by atoms with Crippen molar-refractivity contribution in [2.75, 3.05) is 6.61 Å². The Morgan fingerprint density at radius 2 is 2.05 bits per heavy atom. The van der Waals surface area contributed by atoms with Crippen molar-refractivity contribution in [1.82, 2.24) is 9.55 Å². The van der Waals surface area contributed by atoms with Crippen LogP contribution in [0.1, 0.15) is 41.5 Å². The van der Waals surface area contributed by atoms with Gasteiger partial charge in [-0.2, -0.15) is 0 Å². The van der Waals surface area contributed by atoms with Crippen molar-refractivity contribution in [1.29, 1.82) is 0 Å². The molecule has 21 heavy (non-hydrogen) atoms. The zero-order valence-corrected chi connectivity index (χ0v) is 14.4. The Labute approximate surface area is 137 Å². The number of aromatic nitrogens is 2. The fourth-order valence-corrected chi connectivity index (χ4v) is 2.73. The molecule has 1 unspecified atom stereocenters. The van der Waals surface area contributed by atoms with E-state index >= 15 is 0 Å². The molecule has 0 saturated carbocycles. The Balaban J connectivity index is 2.46. The van der Waals surface area contributed by atoms with Crippen LogP contribution in [-0.4, -0.2) is 22.1 Å². The molecule has 1 aromatic carbocycles. The highest BCUT2D eigenvalue weighted by atomic mass is 79.9. The molecule has 0 radical (unpaired) electrons. The summed E-state index contributed by atoms with van der Waals surface area (Å²) in [5.74, 6) is -0.417. The Bertz CT molecular complexity index is 652. The van der Waals surface area contributed by atoms with Gasteiger partial charge >= 0.3 is 5.97 Å². The Kier molecular flexibility index (Phi) is 5.06. The second kappa shape index (κ2) is 6.62. The lowest BCUT2D eigenvalue weighted by Crippen LogP contribution is -2.12. The van der Waals surface area contributed by atoms with Crippen LogP contribution in [-0.2, 0) is 11.8 Å². The zero-order chi connectivity index (χ0) is 15.6. The molecule has 2 aromatic rings. The Morgan fingerprint density at radius 1 is 1.43 bits per heavy atom. The van der Waals surface area contributed by atoms with Crippen molar-refractivity contribution >= 4 is 33.5 Å². The molecule has 0 spiro atoms. The van der Waals surface area contributed by atoms with Crippen LogP contribution in [0.15, 0.2) is 29.0 Å². The van der Waals surface area contributed by atoms with Gasteiger partial charge in [-0.15, -0.1) is 0 Å². The van der Waals surface area contributed by atoms with E-state index in [-0.39, 0.29) is 5.92 Å². The monoisotopic (exact) mass is 370 g/mol. The highest BCUT2D eigenvalue weighted by molar-refractivity contribution is 9.10. The van der Waals surface area contributed by atoms with Gasteiger partial charge in [-0.25, -0.2) is 9.78 Å². The number of benzene rings is 1. The standard InChI is InChI=1S/C15H16BrClN2O2/c1-4-21-14(20)12-13(19(3)15(16)18-12)9(2)10-5-7-11(17)8-6-10/h5-9H,4H2,1-3H3. The van der Waals surface area contributed by atoms with Gasteiger partial charge < -0.3 is 9.30 Å². The van der Waals surface area contributed by atoms with E-state index in [1.165, 1.54) is 0 Å². The maximum atomic E-state index is 12.1. The zero-order valence-electron chi connectivity index (χ0n) is 12.1. The summed E-state index contributed by atoms with van der Waals surface area (Å²) in [6.07, 6.45) is 0. The first-order valence-corrected chi connectivity index (χ1v) is 7.77. The summed E-state index contributed by atoms with van der Waals surface area (Å²) in [4.78, 5) is 16.4. The molecular weight excluding hydrogens is 356 g/mol. The second-order valence-corrected chi connectivity index (χ2v) is 5.81. The third kappa shape index (κ3) is 3.30. The van der Waals surface area contributed by atoms with Gasteiger partial charge in [-0.3, -0.25) is 0 Å². The molecule has 0 bridgehead atoms. The van der Waals surface area contributed by atoms with Crippen LogP contribution in [0.4, 0.5) is 0 Å².